The normalized spacial score (nSPS) is 12.2. The number of hydrogen-bond acceptors (Lipinski definition) is 0. The van der Waals surface area contributed by atoms with Gasteiger partial charge in [-0.05, 0) is 72.8 Å². The van der Waals surface area contributed by atoms with Crippen molar-refractivity contribution in [2.75, 3.05) is 0 Å². The monoisotopic (exact) mass is 772 g/mol. The van der Waals surface area contributed by atoms with Gasteiger partial charge in [-0.1, -0.05) is 139 Å². The lowest BCUT2D eigenvalue weighted by Crippen LogP contribution is -2.01. The summed E-state index contributed by atoms with van der Waals surface area (Å²) in [5.41, 5.74) is 13.3. The minimum atomic E-state index is 0.686. The molecule has 0 saturated carbocycles. The van der Waals surface area contributed by atoms with Crippen LogP contribution in [0.5, 0.6) is 0 Å². The first kappa shape index (κ1) is 32.5. The van der Waals surface area contributed by atoms with E-state index in [2.05, 4.69) is 218 Å². The maximum absolute atomic E-state index is 7.98. The smallest absolute Gasteiger partial charge is 0.0887 e. The average Bonchev–Trinajstić information content (AvgIpc) is 4.02. The van der Waals surface area contributed by atoms with E-state index in [1.165, 1.54) is 54.1 Å². The van der Waals surface area contributed by atoms with Crippen LogP contribution in [0.25, 0.3) is 110 Å². The average molecular weight is 773 g/mol. The lowest BCUT2D eigenvalue weighted by molar-refractivity contribution is 1.14. The molecule has 0 fully saturated rings. The molecule has 5 heteroatoms. The molecule has 59 heavy (non-hydrogen) atoms. The largest absolute Gasteiger partial charge is 0.309 e. The van der Waals surface area contributed by atoms with E-state index in [1.54, 1.807) is 0 Å². The van der Waals surface area contributed by atoms with Crippen LogP contribution in [0.2, 0.25) is 5.02 Å². The number of halogens is 1. The predicted molar refractivity (Wildman–Crippen MR) is 249 cm³/mol. The maximum atomic E-state index is 7.98. The van der Waals surface area contributed by atoms with Crippen LogP contribution in [-0.4, -0.2) is 18.3 Å². The van der Waals surface area contributed by atoms with Crippen molar-refractivity contribution in [2.45, 2.75) is 0 Å². The topological polar surface area (TPSA) is 19.7 Å². The van der Waals surface area contributed by atoms with Gasteiger partial charge < -0.3 is 18.3 Å². The third kappa shape index (κ3) is 4.38. The van der Waals surface area contributed by atoms with E-state index >= 15 is 0 Å². The Morgan fingerprint density at radius 3 is 1.03 bits per heavy atom. The van der Waals surface area contributed by atoms with E-state index in [-0.39, 0.29) is 0 Å². The second kappa shape index (κ2) is 12.2. The van der Waals surface area contributed by atoms with Gasteiger partial charge in [-0.2, -0.15) is 0 Å². The number of aromatic nitrogens is 4. The van der Waals surface area contributed by atoms with Crippen molar-refractivity contribution in [2.24, 2.45) is 0 Å². The van der Waals surface area contributed by atoms with E-state index in [0.29, 0.717) is 5.02 Å². The second-order valence-electron chi connectivity index (χ2n) is 15.4. The Hall–Kier alpha value is -7.53. The molecule has 0 unspecified atom stereocenters. The zero-order valence-corrected chi connectivity index (χ0v) is 32.5. The maximum Gasteiger partial charge on any atom is 0.0887 e. The van der Waals surface area contributed by atoms with E-state index < -0.39 is 0 Å². The molecular weight excluding hydrogens is 740 g/mol. The highest BCUT2D eigenvalue weighted by molar-refractivity contribution is 6.36. The summed E-state index contributed by atoms with van der Waals surface area (Å²) in [7, 11) is 0. The molecule has 0 amide bonds. The third-order valence-electron chi connectivity index (χ3n) is 12.4. The molecule has 4 aromatic heterocycles. The summed E-state index contributed by atoms with van der Waals surface area (Å²) in [6.45, 7) is 0. The summed E-state index contributed by atoms with van der Waals surface area (Å²) in [6.07, 6.45) is 0. The fraction of sp³-hybridized carbons (Fsp3) is 0. The van der Waals surface area contributed by atoms with E-state index in [0.717, 1.165) is 55.8 Å². The molecule has 4 heterocycles. The van der Waals surface area contributed by atoms with E-state index in [4.69, 9.17) is 11.6 Å². The molecule has 0 aliphatic heterocycles. The van der Waals surface area contributed by atoms with Crippen molar-refractivity contribution >= 4 is 98.8 Å². The lowest BCUT2D eigenvalue weighted by Gasteiger charge is -2.17. The van der Waals surface area contributed by atoms with E-state index in [9.17, 15) is 0 Å². The number of fused-ring (bicyclic) bond motifs is 14. The second-order valence-corrected chi connectivity index (χ2v) is 15.8. The summed E-state index contributed by atoms with van der Waals surface area (Å²) in [4.78, 5) is 0. The molecule has 9 aromatic carbocycles. The number of nitrogens with zero attached hydrogens (tertiary/aromatic N) is 4. The standard InChI is InChI=1S/C54H33ClN4/c55-52-48(58-42-24-11-7-20-36(42)38-30-32-46-50(53(38)58)40-22-9-13-26-44(40)56(46)34-16-3-1-4-17-34)28-15-29-49(52)59-43-25-12-8-21-37(43)39-31-33-47-51(54(39)59)41-23-10-14-27-45(41)57(47)35-18-5-2-6-19-35/h1-33H. The Kier molecular flexibility index (Phi) is 6.75. The molecule has 0 radical (unpaired) electrons. The van der Waals surface area contributed by atoms with Crippen LogP contribution in [0.4, 0.5) is 0 Å². The van der Waals surface area contributed by atoms with Crippen molar-refractivity contribution in [3.63, 3.8) is 0 Å². The Morgan fingerprint density at radius 1 is 0.254 bits per heavy atom. The first-order chi connectivity index (χ1) is 29.3. The zero-order valence-electron chi connectivity index (χ0n) is 31.7. The quantitative estimate of drug-likeness (QED) is 0.170. The van der Waals surface area contributed by atoms with Gasteiger partial charge in [-0.3, -0.25) is 0 Å². The molecule has 0 atom stereocenters. The summed E-state index contributed by atoms with van der Waals surface area (Å²) in [5.74, 6) is 0. The first-order valence-corrected chi connectivity index (χ1v) is 20.4. The predicted octanol–water partition coefficient (Wildman–Crippen LogP) is 14.7. The molecule has 13 rings (SSSR count). The fourth-order valence-electron chi connectivity index (χ4n) is 10.1. The molecule has 0 aliphatic rings. The van der Waals surface area contributed by atoms with Crippen molar-refractivity contribution in [1.82, 2.24) is 18.3 Å². The van der Waals surface area contributed by atoms with Gasteiger partial charge in [0.25, 0.3) is 0 Å². The van der Waals surface area contributed by atoms with Crippen LogP contribution in [0.1, 0.15) is 0 Å². The van der Waals surface area contributed by atoms with Crippen LogP contribution < -0.4 is 0 Å². The Labute approximate surface area is 343 Å². The highest BCUT2D eigenvalue weighted by atomic mass is 35.5. The van der Waals surface area contributed by atoms with Crippen LogP contribution in [0.3, 0.4) is 0 Å². The molecule has 0 spiro atoms. The van der Waals surface area contributed by atoms with Gasteiger partial charge >= 0.3 is 0 Å². The number of para-hydroxylation sites is 6. The van der Waals surface area contributed by atoms with Crippen LogP contribution in [0, 0.1) is 0 Å². The molecule has 4 nitrogen and oxygen atoms in total. The molecule has 13 aromatic rings. The number of rotatable bonds is 4. The zero-order chi connectivity index (χ0) is 38.8. The molecule has 276 valence electrons. The highest BCUT2D eigenvalue weighted by Crippen LogP contribution is 2.46. The Bertz CT molecular complexity index is 3600. The molecule has 0 aliphatic carbocycles. The van der Waals surface area contributed by atoms with E-state index in [1.807, 2.05) is 0 Å². The lowest BCUT2D eigenvalue weighted by atomic mass is 10.1. The minimum absolute atomic E-state index is 0.686. The molecule has 0 N–H and O–H groups in total. The summed E-state index contributed by atoms with van der Waals surface area (Å²) >= 11 is 7.98. The van der Waals surface area contributed by atoms with Crippen LogP contribution in [-0.2, 0) is 0 Å². The third-order valence-corrected chi connectivity index (χ3v) is 12.8. The first-order valence-electron chi connectivity index (χ1n) is 20.1. The number of benzene rings is 9. The van der Waals surface area contributed by atoms with Gasteiger partial charge in [0.2, 0.25) is 0 Å². The van der Waals surface area contributed by atoms with Crippen molar-refractivity contribution in [3.8, 4) is 22.7 Å². The van der Waals surface area contributed by atoms with Gasteiger partial charge in [0.05, 0.1) is 60.5 Å². The Balaban J connectivity index is 1.17. The molecule has 0 bridgehead atoms. The van der Waals surface area contributed by atoms with Crippen molar-refractivity contribution in [3.05, 3.63) is 205 Å². The summed E-state index contributed by atoms with van der Waals surface area (Å²) in [6, 6.07) is 72.0. The SMILES string of the molecule is Clc1c(-n2c3ccccc3c3ccc4c(c5ccccc5n4-c4ccccc4)c32)cccc1-n1c2ccccc2c2ccc3c(c4ccccc4n3-c3ccccc3)c21. The number of hydrogen-bond donors (Lipinski definition) is 0. The minimum Gasteiger partial charge on any atom is -0.309 e. The van der Waals surface area contributed by atoms with Crippen LogP contribution >= 0.6 is 11.6 Å². The van der Waals surface area contributed by atoms with Gasteiger partial charge in [-0.15, -0.1) is 0 Å². The van der Waals surface area contributed by atoms with Gasteiger partial charge in [0, 0.05) is 54.5 Å². The van der Waals surface area contributed by atoms with Crippen LogP contribution in [0.15, 0.2) is 200 Å². The van der Waals surface area contributed by atoms with Gasteiger partial charge in [-0.25, -0.2) is 0 Å². The highest BCUT2D eigenvalue weighted by Gasteiger charge is 2.25. The van der Waals surface area contributed by atoms with Gasteiger partial charge in [0.1, 0.15) is 0 Å². The molecular formula is C54H33ClN4. The fourth-order valence-corrected chi connectivity index (χ4v) is 10.4. The van der Waals surface area contributed by atoms with Crippen molar-refractivity contribution in [1.29, 1.82) is 0 Å². The van der Waals surface area contributed by atoms with Gasteiger partial charge in [0.15, 0.2) is 0 Å². The summed E-state index contributed by atoms with van der Waals surface area (Å²) < 4.78 is 9.59. The Morgan fingerprint density at radius 2 is 0.610 bits per heavy atom. The van der Waals surface area contributed by atoms with Crippen molar-refractivity contribution < 1.29 is 0 Å². The summed E-state index contributed by atoms with van der Waals surface area (Å²) in [5, 5.41) is 10.3. The molecule has 0 saturated heterocycles.